The summed E-state index contributed by atoms with van der Waals surface area (Å²) < 4.78 is 5.13. The van der Waals surface area contributed by atoms with Crippen molar-refractivity contribution in [3.8, 4) is 5.75 Å². The summed E-state index contributed by atoms with van der Waals surface area (Å²) in [6.07, 6.45) is 1.62. The van der Waals surface area contributed by atoms with Gasteiger partial charge in [-0.15, -0.1) is 0 Å². The second kappa shape index (κ2) is 8.55. The molecular formula is C21H22ClNO4. The maximum atomic E-state index is 12.7. The van der Waals surface area contributed by atoms with Gasteiger partial charge in [-0.25, -0.2) is 4.79 Å². The molecule has 1 aliphatic heterocycles. The minimum atomic E-state index is -1.02. The number of benzene rings is 2. The van der Waals surface area contributed by atoms with Crippen LogP contribution in [-0.2, 0) is 6.54 Å². The van der Waals surface area contributed by atoms with Gasteiger partial charge in [0.05, 0.1) is 17.7 Å². The average molecular weight is 388 g/mol. The highest BCUT2D eigenvalue weighted by molar-refractivity contribution is 6.33. The number of hydrogen-bond donors (Lipinski definition) is 1. The third-order valence-electron chi connectivity index (χ3n) is 5.00. The normalized spacial score (nSPS) is 15.5. The number of Topliss-reactive ketones (excluding diaryl/α,β-unsaturated/α-hetero) is 1. The molecule has 1 N–H and O–H groups in total. The van der Waals surface area contributed by atoms with Gasteiger partial charge >= 0.3 is 5.97 Å². The number of hydrogen-bond acceptors (Lipinski definition) is 4. The number of ether oxygens (including phenoxy) is 1. The van der Waals surface area contributed by atoms with E-state index >= 15 is 0 Å². The predicted molar refractivity (Wildman–Crippen MR) is 104 cm³/mol. The summed E-state index contributed by atoms with van der Waals surface area (Å²) in [5.41, 5.74) is 1.82. The van der Waals surface area contributed by atoms with E-state index in [1.165, 1.54) is 0 Å². The molecule has 0 atom stereocenters. The van der Waals surface area contributed by atoms with Crippen LogP contribution < -0.4 is 4.74 Å². The number of nitrogens with zero attached hydrogens (tertiary/aromatic N) is 1. The highest BCUT2D eigenvalue weighted by atomic mass is 35.5. The summed E-state index contributed by atoms with van der Waals surface area (Å²) in [5, 5.41) is 9.30. The van der Waals surface area contributed by atoms with Crippen LogP contribution in [-0.4, -0.2) is 42.0 Å². The molecule has 0 aliphatic carbocycles. The summed E-state index contributed by atoms with van der Waals surface area (Å²) in [5.74, 6) is -0.0582. The van der Waals surface area contributed by atoms with Crippen LogP contribution in [0.25, 0.3) is 0 Å². The molecule has 0 unspecified atom stereocenters. The molecule has 2 aromatic rings. The van der Waals surface area contributed by atoms with Crippen LogP contribution in [0.3, 0.4) is 0 Å². The predicted octanol–water partition coefficient (Wildman–Crippen LogP) is 4.14. The Labute approximate surface area is 163 Å². The highest BCUT2D eigenvalue weighted by Crippen LogP contribution is 2.25. The number of halogens is 1. The lowest BCUT2D eigenvalue weighted by Crippen LogP contribution is -2.36. The number of aromatic carboxylic acids is 1. The number of carbonyl (C=O) groups is 2. The molecule has 142 valence electrons. The lowest BCUT2D eigenvalue weighted by Gasteiger charge is -2.31. The van der Waals surface area contributed by atoms with E-state index in [-0.39, 0.29) is 22.3 Å². The lowest BCUT2D eigenvalue weighted by atomic mass is 9.88. The Bertz CT molecular complexity index is 827. The number of piperidine rings is 1. The van der Waals surface area contributed by atoms with Gasteiger partial charge in [0.25, 0.3) is 0 Å². The zero-order valence-corrected chi connectivity index (χ0v) is 15.9. The van der Waals surface area contributed by atoms with Gasteiger partial charge < -0.3 is 9.84 Å². The average Bonchev–Trinajstić information content (AvgIpc) is 2.68. The van der Waals surface area contributed by atoms with Crippen LogP contribution in [0.15, 0.2) is 42.5 Å². The monoisotopic (exact) mass is 387 g/mol. The van der Waals surface area contributed by atoms with E-state index in [2.05, 4.69) is 4.90 Å². The van der Waals surface area contributed by atoms with Crippen molar-refractivity contribution in [2.75, 3.05) is 20.2 Å². The smallest absolute Gasteiger partial charge is 0.337 e. The van der Waals surface area contributed by atoms with Crippen LogP contribution in [0, 0.1) is 5.92 Å². The molecule has 0 amide bonds. The molecule has 0 saturated carbocycles. The maximum Gasteiger partial charge on any atom is 0.337 e. The molecule has 6 heteroatoms. The second-order valence-electron chi connectivity index (χ2n) is 6.76. The van der Waals surface area contributed by atoms with E-state index < -0.39 is 5.97 Å². The molecule has 3 rings (SSSR count). The molecule has 0 bridgehead atoms. The summed E-state index contributed by atoms with van der Waals surface area (Å²) >= 11 is 6.04. The molecule has 27 heavy (non-hydrogen) atoms. The van der Waals surface area contributed by atoms with Crippen molar-refractivity contribution in [1.82, 2.24) is 4.90 Å². The Morgan fingerprint density at radius 2 is 1.81 bits per heavy atom. The number of rotatable bonds is 6. The molecule has 1 saturated heterocycles. The molecule has 0 spiro atoms. The quantitative estimate of drug-likeness (QED) is 0.754. The van der Waals surface area contributed by atoms with Crippen molar-refractivity contribution in [2.24, 2.45) is 5.92 Å². The summed E-state index contributed by atoms with van der Waals surface area (Å²) in [7, 11) is 1.61. The van der Waals surface area contributed by atoms with Gasteiger partial charge in [0.2, 0.25) is 0 Å². The van der Waals surface area contributed by atoms with Crippen LogP contribution in [0.1, 0.15) is 39.1 Å². The fourth-order valence-corrected chi connectivity index (χ4v) is 3.72. The summed E-state index contributed by atoms with van der Waals surface area (Å²) in [6.45, 7) is 2.35. The minimum absolute atomic E-state index is 0.0348. The third-order valence-corrected chi connectivity index (χ3v) is 5.32. The van der Waals surface area contributed by atoms with E-state index in [4.69, 9.17) is 21.4 Å². The molecule has 2 aromatic carbocycles. The van der Waals surface area contributed by atoms with Crippen LogP contribution in [0.4, 0.5) is 0 Å². The van der Waals surface area contributed by atoms with Crippen LogP contribution in [0.5, 0.6) is 5.75 Å². The van der Waals surface area contributed by atoms with Crippen molar-refractivity contribution in [3.63, 3.8) is 0 Å². The van der Waals surface area contributed by atoms with E-state index in [1.807, 2.05) is 24.3 Å². The van der Waals surface area contributed by atoms with Gasteiger partial charge in [-0.1, -0.05) is 17.7 Å². The number of carboxylic acid groups (broad SMARTS) is 1. The standard InChI is InChI=1S/C21H22ClNO4/c1-27-17-5-3-15(4-6-17)20(24)16-8-10-23(11-9-16)13-14-2-7-18(21(25)26)19(22)12-14/h2-7,12,16H,8-11,13H2,1H3,(H,25,26). The lowest BCUT2D eigenvalue weighted by molar-refractivity contribution is 0.0696. The Morgan fingerprint density at radius 1 is 1.15 bits per heavy atom. The number of methoxy groups -OCH3 is 1. The molecule has 5 nitrogen and oxygen atoms in total. The molecule has 0 aromatic heterocycles. The fraction of sp³-hybridized carbons (Fsp3) is 0.333. The van der Waals surface area contributed by atoms with Crippen molar-refractivity contribution in [1.29, 1.82) is 0 Å². The van der Waals surface area contributed by atoms with E-state index in [0.717, 1.165) is 42.8 Å². The van der Waals surface area contributed by atoms with Gasteiger partial charge in [0, 0.05) is 18.0 Å². The first-order chi connectivity index (χ1) is 13.0. The summed E-state index contributed by atoms with van der Waals surface area (Å²) in [4.78, 5) is 26.0. The molecule has 1 aliphatic rings. The van der Waals surface area contributed by atoms with Crippen molar-refractivity contribution in [2.45, 2.75) is 19.4 Å². The Balaban J connectivity index is 1.56. The van der Waals surface area contributed by atoms with Crippen molar-refractivity contribution in [3.05, 3.63) is 64.2 Å². The van der Waals surface area contributed by atoms with Crippen LogP contribution in [0.2, 0.25) is 5.02 Å². The largest absolute Gasteiger partial charge is 0.497 e. The zero-order valence-electron chi connectivity index (χ0n) is 15.2. The van der Waals surface area contributed by atoms with E-state index in [1.54, 1.807) is 25.3 Å². The molecule has 1 fully saturated rings. The van der Waals surface area contributed by atoms with Crippen LogP contribution >= 0.6 is 11.6 Å². The number of likely N-dealkylation sites (tertiary alicyclic amines) is 1. The first-order valence-corrected chi connectivity index (χ1v) is 9.28. The molecular weight excluding hydrogens is 366 g/mol. The summed E-state index contributed by atoms with van der Waals surface area (Å²) in [6, 6.07) is 12.3. The highest BCUT2D eigenvalue weighted by Gasteiger charge is 2.26. The van der Waals surface area contributed by atoms with Gasteiger partial charge in [-0.05, 0) is 67.9 Å². The van der Waals surface area contributed by atoms with E-state index in [0.29, 0.717) is 6.54 Å². The Hall–Kier alpha value is -2.37. The fourth-order valence-electron chi connectivity index (χ4n) is 3.43. The topological polar surface area (TPSA) is 66.8 Å². The van der Waals surface area contributed by atoms with Gasteiger partial charge in [-0.3, -0.25) is 9.69 Å². The third kappa shape index (κ3) is 4.67. The van der Waals surface area contributed by atoms with Crippen molar-refractivity contribution < 1.29 is 19.4 Å². The van der Waals surface area contributed by atoms with Gasteiger partial charge in [-0.2, -0.15) is 0 Å². The SMILES string of the molecule is COc1ccc(C(=O)C2CCN(Cc3ccc(C(=O)O)c(Cl)c3)CC2)cc1. The first-order valence-electron chi connectivity index (χ1n) is 8.90. The van der Waals surface area contributed by atoms with E-state index in [9.17, 15) is 9.59 Å². The first kappa shape index (κ1) is 19.4. The zero-order chi connectivity index (χ0) is 19.4. The number of ketones is 1. The number of carboxylic acids is 1. The molecule has 1 heterocycles. The maximum absolute atomic E-state index is 12.7. The number of carbonyl (C=O) groups excluding carboxylic acids is 1. The van der Waals surface area contributed by atoms with Crippen molar-refractivity contribution >= 4 is 23.4 Å². The Kier molecular flexibility index (Phi) is 6.14. The molecule has 0 radical (unpaired) electrons. The van der Waals surface area contributed by atoms with Gasteiger partial charge in [0.15, 0.2) is 5.78 Å². The Morgan fingerprint density at radius 3 is 2.37 bits per heavy atom. The minimum Gasteiger partial charge on any atom is -0.497 e. The second-order valence-corrected chi connectivity index (χ2v) is 7.17. The van der Waals surface area contributed by atoms with Gasteiger partial charge in [0.1, 0.15) is 5.75 Å².